The first kappa shape index (κ1) is 16.6. The van der Waals surface area contributed by atoms with Gasteiger partial charge in [-0.25, -0.2) is 9.97 Å². The first-order valence-corrected chi connectivity index (χ1v) is 9.08. The number of carbonyl (C=O) groups is 1. The average Bonchev–Trinajstić information content (AvgIpc) is 3.29. The van der Waals surface area contributed by atoms with Gasteiger partial charge in [0.15, 0.2) is 10.8 Å². The van der Waals surface area contributed by atoms with Crippen molar-refractivity contribution in [3.05, 3.63) is 54.2 Å². The Kier molecular flexibility index (Phi) is 4.34. The Hall–Kier alpha value is -2.87. The van der Waals surface area contributed by atoms with E-state index in [0.29, 0.717) is 23.3 Å². The molecule has 0 bridgehead atoms. The number of benzene rings is 1. The minimum Gasteiger partial charge on any atom is -0.467 e. The summed E-state index contributed by atoms with van der Waals surface area (Å²) in [4.78, 5) is 21.6. The molecule has 0 spiro atoms. The van der Waals surface area contributed by atoms with Gasteiger partial charge in [-0.3, -0.25) is 4.79 Å². The number of para-hydroxylation sites is 1. The molecule has 26 heavy (non-hydrogen) atoms. The molecule has 0 saturated carbocycles. The molecule has 0 aliphatic rings. The molecule has 132 valence electrons. The number of fused-ring (bicyclic) bond motifs is 3. The maximum Gasteiger partial charge on any atom is 0.233 e. The van der Waals surface area contributed by atoms with Gasteiger partial charge in [0.2, 0.25) is 5.91 Å². The molecular weight excluding hydrogens is 350 g/mol. The second-order valence-electron chi connectivity index (χ2n) is 5.86. The molecule has 8 heteroatoms. The highest BCUT2D eigenvalue weighted by Crippen LogP contribution is 2.26. The number of nitrogens with one attached hydrogen (secondary N) is 1. The maximum absolute atomic E-state index is 12.4. The van der Waals surface area contributed by atoms with Crippen molar-refractivity contribution in [3.8, 4) is 0 Å². The second kappa shape index (κ2) is 6.80. The second-order valence-corrected chi connectivity index (χ2v) is 7.17. The van der Waals surface area contributed by atoms with E-state index in [2.05, 4.69) is 20.4 Å². The Balaban J connectivity index is 1.60. The largest absolute Gasteiger partial charge is 0.467 e. The predicted octanol–water partition coefficient (Wildman–Crippen LogP) is 2.98. The molecule has 0 fully saturated rings. The van der Waals surface area contributed by atoms with Gasteiger partial charge in [0.05, 0.1) is 23.6 Å². The summed E-state index contributed by atoms with van der Waals surface area (Å²) in [5.41, 5.74) is 1.58. The summed E-state index contributed by atoms with van der Waals surface area (Å²) in [7, 11) is 0. The smallest absolute Gasteiger partial charge is 0.233 e. The van der Waals surface area contributed by atoms with Gasteiger partial charge in [-0.05, 0) is 38.1 Å². The number of amides is 1. The van der Waals surface area contributed by atoms with Gasteiger partial charge in [0, 0.05) is 5.39 Å². The Labute approximate surface area is 153 Å². The first-order chi connectivity index (χ1) is 12.6. The molecule has 3 heterocycles. The van der Waals surface area contributed by atoms with Crippen molar-refractivity contribution < 1.29 is 9.21 Å². The van der Waals surface area contributed by atoms with E-state index in [-0.39, 0.29) is 11.2 Å². The number of thioether (sulfide) groups is 1. The molecule has 4 aromatic rings. The lowest BCUT2D eigenvalue weighted by atomic mass is 10.2. The van der Waals surface area contributed by atoms with Crippen LogP contribution in [0, 0.1) is 6.92 Å². The van der Waals surface area contributed by atoms with Gasteiger partial charge in [-0.2, -0.15) is 4.52 Å². The zero-order chi connectivity index (χ0) is 18.1. The van der Waals surface area contributed by atoms with Gasteiger partial charge in [-0.15, -0.1) is 5.10 Å². The number of nitrogens with zero attached hydrogens (tertiary/aromatic N) is 4. The van der Waals surface area contributed by atoms with E-state index in [1.165, 1.54) is 11.8 Å². The van der Waals surface area contributed by atoms with Crippen LogP contribution < -0.4 is 5.32 Å². The SMILES string of the molecule is Cc1nc2c3ccccc3nc(SC(C)C(=O)NCc3ccco3)n2n1. The summed E-state index contributed by atoms with van der Waals surface area (Å²) in [6, 6.07) is 11.4. The first-order valence-electron chi connectivity index (χ1n) is 8.20. The van der Waals surface area contributed by atoms with Crippen molar-refractivity contribution in [1.29, 1.82) is 0 Å². The van der Waals surface area contributed by atoms with E-state index in [1.54, 1.807) is 16.8 Å². The van der Waals surface area contributed by atoms with Crippen LogP contribution >= 0.6 is 11.8 Å². The number of hydrogen-bond donors (Lipinski definition) is 1. The number of rotatable bonds is 5. The van der Waals surface area contributed by atoms with E-state index >= 15 is 0 Å². The quantitative estimate of drug-likeness (QED) is 0.431. The lowest BCUT2D eigenvalue weighted by Crippen LogP contribution is -2.30. The van der Waals surface area contributed by atoms with E-state index in [0.717, 1.165) is 16.6 Å². The maximum atomic E-state index is 12.4. The summed E-state index contributed by atoms with van der Waals surface area (Å²) in [6.07, 6.45) is 1.59. The number of furan rings is 1. The van der Waals surface area contributed by atoms with Crippen LogP contribution in [0.3, 0.4) is 0 Å². The normalized spacial score (nSPS) is 12.5. The average molecular weight is 367 g/mol. The van der Waals surface area contributed by atoms with Crippen LogP contribution in [0.5, 0.6) is 0 Å². The Bertz CT molecular complexity index is 1070. The third-order valence-corrected chi connectivity index (χ3v) is 4.97. The Morgan fingerprint density at radius 3 is 2.92 bits per heavy atom. The van der Waals surface area contributed by atoms with Crippen molar-refractivity contribution in [2.45, 2.75) is 30.8 Å². The zero-order valence-electron chi connectivity index (χ0n) is 14.3. The highest BCUT2D eigenvalue weighted by molar-refractivity contribution is 8.00. The molecule has 1 aromatic carbocycles. The molecular formula is C18H17N5O2S. The minimum absolute atomic E-state index is 0.0913. The molecule has 0 saturated heterocycles. The van der Waals surface area contributed by atoms with Gasteiger partial charge < -0.3 is 9.73 Å². The summed E-state index contributed by atoms with van der Waals surface area (Å²) in [5, 5.41) is 8.54. The van der Waals surface area contributed by atoms with Crippen molar-refractivity contribution in [2.75, 3.05) is 0 Å². The molecule has 1 N–H and O–H groups in total. The Morgan fingerprint density at radius 2 is 2.12 bits per heavy atom. The van der Waals surface area contributed by atoms with Gasteiger partial charge in [-0.1, -0.05) is 23.9 Å². The van der Waals surface area contributed by atoms with Crippen molar-refractivity contribution >= 4 is 34.2 Å². The fourth-order valence-corrected chi connectivity index (χ4v) is 3.54. The van der Waals surface area contributed by atoms with Crippen LogP contribution in [0.1, 0.15) is 18.5 Å². The van der Waals surface area contributed by atoms with E-state index in [1.807, 2.05) is 44.2 Å². The molecule has 0 aliphatic heterocycles. The van der Waals surface area contributed by atoms with Gasteiger partial charge in [0.1, 0.15) is 11.6 Å². The fraction of sp³-hybridized carbons (Fsp3) is 0.222. The molecule has 1 atom stereocenters. The fourth-order valence-electron chi connectivity index (χ4n) is 2.65. The lowest BCUT2D eigenvalue weighted by molar-refractivity contribution is -0.120. The predicted molar refractivity (Wildman–Crippen MR) is 98.9 cm³/mol. The molecule has 0 radical (unpaired) electrons. The molecule has 1 unspecified atom stereocenters. The van der Waals surface area contributed by atoms with Crippen LogP contribution in [-0.4, -0.2) is 30.7 Å². The van der Waals surface area contributed by atoms with Crippen LogP contribution in [0.4, 0.5) is 0 Å². The van der Waals surface area contributed by atoms with Crippen molar-refractivity contribution in [2.24, 2.45) is 0 Å². The third-order valence-electron chi connectivity index (χ3n) is 3.92. The highest BCUT2D eigenvalue weighted by atomic mass is 32.2. The van der Waals surface area contributed by atoms with Crippen molar-refractivity contribution in [1.82, 2.24) is 24.9 Å². The number of carbonyl (C=O) groups excluding carboxylic acids is 1. The Morgan fingerprint density at radius 1 is 1.27 bits per heavy atom. The molecule has 7 nitrogen and oxygen atoms in total. The van der Waals surface area contributed by atoms with Gasteiger partial charge >= 0.3 is 0 Å². The molecule has 3 aromatic heterocycles. The van der Waals surface area contributed by atoms with E-state index < -0.39 is 0 Å². The summed E-state index contributed by atoms with van der Waals surface area (Å²) in [5.74, 6) is 1.29. The molecule has 1 amide bonds. The highest BCUT2D eigenvalue weighted by Gasteiger charge is 2.19. The van der Waals surface area contributed by atoms with Gasteiger partial charge in [0.25, 0.3) is 0 Å². The summed E-state index contributed by atoms with van der Waals surface area (Å²) in [6.45, 7) is 4.05. The van der Waals surface area contributed by atoms with Crippen molar-refractivity contribution in [3.63, 3.8) is 0 Å². The summed E-state index contributed by atoms with van der Waals surface area (Å²) < 4.78 is 6.94. The van der Waals surface area contributed by atoms with E-state index in [9.17, 15) is 4.79 Å². The van der Waals surface area contributed by atoms with E-state index in [4.69, 9.17) is 4.42 Å². The van der Waals surface area contributed by atoms with Crippen LogP contribution in [-0.2, 0) is 11.3 Å². The monoisotopic (exact) mass is 367 g/mol. The number of aryl methyl sites for hydroxylation is 1. The van der Waals surface area contributed by atoms with Crippen LogP contribution in [0.25, 0.3) is 16.6 Å². The van der Waals surface area contributed by atoms with Crippen LogP contribution in [0.15, 0.2) is 52.2 Å². The number of aromatic nitrogens is 4. The molecule has 0 aliphatic carbocycles. The minimum atomic E-state index is -0.341. The molecule has 4 rings (SSSR count). The summed E-state index contributed by atoms with van der Waals surface area (Å²) >= 11 is 1.35. The lowest BCUT2D eigenvalue weighted by Gasteiger charge is -2.12. The third kappa shape index (κ3) is 3.15. The van der Waals surface area contributed by atoms with Crippen LogP contribution in [0.2, 0.25) is 0 Å². The zero-order valence-corrected chi connectivity index (χ0v) is 15.2. The topological polar surface area (TPSA) is 85.3 Å². The number of hydrogen-bond acceptors (Lipinski definition) is 6. The standard InChI is InChI=1S/C18H17N5O2S/c1-11(17(24)19-10-13-6-5-9-25-13)26-18-21-15-8-4-3-7-14(15)16-20-12(2)22-23(16)18/h3-9,11H,10H2,1-2H3,(H,19,24).